The lowest BCUT2D eigenvalue weighted by Crippen LogP contribution is -2.41. The van der Waals surface area contributed by atoms with Gasteiger partial charge in [0.1, 0.15) is 0 Å². The number of nitrogens with zero attached hydrogens (tertiary/aromatic N) is 5. The van der Waals surface area contributed by atoms with Gasteiger partial charge in [-0.15, -0.1) is 10.2 Å². The van der Waals surface area contributed by atoms with Crippen molar-refractivity contribution in [1.29, 1.82) is 0 Å². The standard InChI is InChI=1S/C18H21N5O3S/c1-2-7-22-16(25)13-5-3-4-6-14(13)23-17(22)19-20-18(23)27-12-15(24)21-8-10-26-11-9-21/h3-6H,2,7-12H2,1H3. The molecule has 0 bridgehead atoms. The molecule has 1 aliphatic heterocycles. The number of ether oxygens (including phenoxy) is 1. The van der Waals surface area contributed by atoms with Crippen LogP contribution in [0.3, 0.4) is 0 Å². The molecule has 0 unspecified atom stereocenters. The Morgan fingerprint density at radius 2 is 2.00 bits per heavy atom. The number of hydrogen-bond acceptors (Lipinski definition) is 6. The zero-order valence-corrected chi connectivity index (χ0v) is 15.9. The maximum atomic E-state index is 12.8. The van der Waals surface area contributed by atoms with E-state index in [-0.39, 0.29) is 17.2 Å². The molecule has 27 heavy (non-hydrogen) atoms. The summed E-state index contributed by atoms with van der Waals surface area (Å²) in [5.41, 5.74) is 0.699. The summed E-state index contributed by atoms with van der Waals surface area (Å²) in [6.07, 6.45) is 0.818. The molecular weight excluding hydrogens is 366 g/mol. The molecule has 9 heteroatoms. The topological polar surface area (TPSA) is 81.7 Å². The molecule has 0 aliphatic carbocycles. The van der Waals surface area contributed by atoms with E-state index in [9.17, 15) is 9.59 Å². The molecule has 0 saturated carbocycles. The van der Waals surface area contributed by atoms with Crippen LogP contribution in [0.5, 0.6) is 0 Å². The van der Waals surface area contributed by atoms with E-state index in [1.165, 1.54) is 11.8 Å². The summed E-state index contributed by atoms with van der Waals surface area (Å²) >= 11 is 1.35. The first-order valence-corrected chi connectivity index (χ1v) is 10.0. The van der Waals surface area contributed by atoms with Crippen molar-refractivity contribution in [2.24, 2.45) is 0 Å². The van der Waals surface area contributed by atoms with Crippen molar-refractivity contribution in [3.8, 4) is 0 Å². The normalized spacial score (nSPS) is 14.9. The van der Waals surface area contributed by atoms with Gasteiger partial charge in [0.05, 0.1) is 29.9 Å². The number of carbonyl (C=O) groups excluding carboxylic acids is 1. The smallest absolute Gasteiger partial charge is 0.262 e. The number of aromatic nitrogens is 4. The van der Waals surface area contributed by atoms with E-state index in [1.54, 1.807) is 4.57 Å². The monoisotopic (exact) mass is 387 g/mol. The molecule has 8 nitrogen and oxygen atoms in total. The highest BCUT2D eigenvalue weighted by Gasteiger charge is 2.20. The molecular formula is C18H21N5O3S. The second-order valence-corrected chi connectivity index (χ2v) is 7.32. The minimum atomic E-state index is -0.0618. The molecule has 1 fully saturated rings. The zero-order chi connectivity index (χ0) is 18.8. The lowest BCUT2D eigenvalue weighted by atomic mass is 10.2. The molecule has 1 aliphatic rings. The summed E-state index contributed by atoms with van der Waals surface area (Å²) in [7, 11) is 0. The largest absolute Gasteiger partial charge is 0.378 e. The lowest BCUT2D eigenvalue weighted by molar-refractivity contribution is -0.132. The fraction of sp³-hybridized carbons (Fsp3) is 0.444. The molecule has 2 aromatic heterocycles. The van der Waals surface area contributed by atoms with E-state index >= 15 is 0 Å². The molecule has 0 N–H and O–H groups in total. The fourth-order valence-electron chi connectivity index (χ4n) is 3.28. The number of benzene rings is 1. The van der Waals surface area contributed by atoms with Crippen molar-refractivity contribution in [3.63, 3.8) is 0 Å². The van der Waals surface area contributed by atoms with Gasteiger partial charge in [0, 0.05) is 19.6 Å². The molecule has 3 aromatic rings. The number of carbonyl (C=O) groups is 1. The molecule has 1 saturated heterocycles. The number of morpholine rings is 1. The highest BCUT2D eigenvalue weighted by atomic mass is 32.2. The van der Waals surface area contributed by atoms with Crippen molar-refractivity contribution >= 4 is 34.3 Å². The number of thioether (sulfide) groups is 1. The van der Waals surface area contributed by atoms with Crippen molar-refractivity contribution in [2.45, 2.75) is 25.0 Å². The summed E-state index contributed by atoms with van der Waals surface area (Å²) in [6, 6.07) is 7.44. The summed E-state index contributed by atoms with van der Waals surface area (Å²) in [5, 5.41) is 9.76. The Labute approximate surface area is 160 Å². The third kappa shape index (κ3) is 3.32. The van der Waals surface area contributed by atoms with Crippen LogP contribution in [0.15, 0.2) is 34.2 Å². The van der Waals surface area contributed by atoms with Gasteiger partial charge in [0.15, 0.2) is 5.16 Å². The molecule has 0 atom stereocenters. The van der Waals surface area contributed by atoms with E-state index in [2.05, 4.69) is 10.2 Å². The minimum absolute atomic E-state index is 0.0613. The third-order valence-electron chi connectivity index (χ3n) is 4.61. The van der Waals surface area contributed by atoms with E-state index in [1.807, 2.05) is 40.5 Å². The van der Waals surface area contributed by atoms with Crippen molar-refractivity contribution < 1.29 is 9.53 Å². The molecule has 0 radical (unpaired) electrons. The second-order valence-electron chi connectivity index (χ2n) is 6.37. The van der Waals surface area contributed by atoms with Crippen molar-refractivity contribution in [2.75, 3.05) is 32.1 Å². The molecule has 142 valence electrons. The van der Waals surface area contributed by atoms with Crippen LogP contribution in [0.1, 0.15) is 13.3 Å². The molecule has 1 amide bonds. The fourth-order valence-corrected chi connectivity index (χ4v) is 4.13. The summed E-state index contributed by atoms with van der Waals surface area (Å²) in [4.78, 5) is 27.1. The lowest BCUT2D eigenvalue weighted by Gasteiger charge is -2.26. The predicted molar refractivity (Wildman–Crippen MR) is 103 cm³/mol. The van der Waals surface area contributed by atoms with E-state index < -0.39 is 0 Å². The van der Waals surface area contributed by atoms with E-state index in [0.717, 1.165) is 11.9 Å². The van der Waals surface area contributed by atoms with Gasteiger partial charge in [-0.2, -0.15) is 0 Å². The number of para-hydroxylation sites is 1. The Hall–Kier alpha value is -2.39. The van der Waals surface area contributed by atoms with E-state index in [0.29, 0.717) is 49.2 Å². The molecule has 3 heterocycles. The van der Waals surface area contributed by atoms with Crippen LogP contribution in [-0.2, 0) is 16.1 Å². The average molecular weight is 387 g/mol. The minimum Gasteiger partial charge on any atom is -0.378 e. The number of aryl methyl sites for hydroxylation is 1. The number of hydrogen-bond donors (Lipinski definition) is 0. The van der Waals surface area contributed by atoms with Crippen LogP contribution in [0.2, 0.25) is 0 Å². The third-order valence-corrected chi connectivity index (χ3v) is 5.53. The zero-order valence-electron chi connectivity index (χ0n) is 15.1. The molecule has 4 rings (SSSR count). The van der Waals surface area contributed by atoms with Crippen LogP contribution in [0, 0.1) is 0 Å². The molecule has 1 aromatic carbocycles. The predicted octanol–water partition coefficient (Wildman–Crippen LogP) is 1.41. The first-order valence-electron chi connectivity index (χ1n) is 9.05. The van der Waals surface area contributed by atoms with Gasteiger partial charge in [-0.3, -0.25) is 18.6 Å². The highest BCUT2D eigenvalue weighted by molar-refractivity contribution is 7.99. The highest BCUT2D eigenvalue weighted by Crippen LogP contribution is 2.22. The van der Waals surface area contributed by atoms with Crippen molar-refractivity contribution in [1.82, 2.24) is 24.1 Å². The number of fused-ring (bicyclic) bond motifs is 3. The maximum Gasteiger partial charge on any atom is 0.262 e. The van der Waals surface area contributed by atoms with Crippen LogP contribution in [-0.4, -0.2) is 62.0 Å². The quantitative estimate of drug-likeness (QED) is 0.616. The molecule has 0 spiro atoms. The van der Waals surface area contributed by atoms with Gasteiger partial charge < -0.3 is 9.64 Å². The number of rotatable bonds is 5. The SMILES string of the molecule is CCCn1c(=O)c2ccccc2n2c(SCC(=O)N3CCOCC3)nnc12. The average Bonchev–Trinajstić information content (AvgIpc) is 3.14. The first kappa shape index (κ1) is 18.0. The Bertz CT molecular complexity index is 1040. The van der Waals surface area contributed by atoms with Gasteiger partial charge in [-0.25, -0.2) is 0 Å². The summed E-state index contributed by atoms with van der Waals surface area (Å²) in [6.45, 7) is 5.00. The Kier molecular flexibility index (Phi) is 5.13. The Morgan fingerprint density at radius 3 is 2.78 bits per heavy atom. The van der Waals surface area contributed by atoms with Crippen molar-refractivity contribution in [3.05, 3.63) is 34.6 Å². The Morgan fingerprint density at radius 1 is 1.22 bits per heavy atom. The van der Waals surface area contributed by atoms with Crippen LogP contribution < -0.4 is 5.56 Å². The van der Waals surface area contributed by atoms with Gasteiger partial charge in [-0.1, -0.05) is 30.8 Å². The summed E-state index contributed by atoms with van der Waals surface area (Å²) < 4.78 is 8.83. The summed E-state index contributed by atoms with van der Waals surface area (Å²) in [5.74, 6) is 0.857. The Balaban J connectivity index is 1.71. The van der Waals surface area contributed by atoms with Gasteiger partial charge >= 0.3 is 0 Å². The van der Waals surface area contributed by atoms with Crippen LogP contribution in [0.25, 0.3) is 16.7 Å². The van der Waals surface area contributed by atoms with E-state index in [4.69, 9.17) is 4.74 Å². The van der Waals surface area contributed by atoms with Gasteiger partial charge in [0.25, 0.3) is 5.56 Å². The van der Waals surface area contributed by atoms with Gasteiger partial charge in [0.2, 0.25) is 11.7 Å². The van der Waals surface area contributed by atoms with Gasteiger partial charge in [-0.05, 0) is 18.6 Å². The number of amides is 1. The van der Waals surface area contributed by atoms with Crippen LogP contribution in [0.4, 0.5) is 0 Å². The first-order chi connectivity index (χ1) is 13.2. The maximum absolute atomic E-state index is 12.8. The second kappa shape index (κ2) is 7.69. The van der Waals surface area contributed by atoms with Crippen LogP contribution >= 0.6 is 11.8 Å².